The van der Waals surface area contributed by atoms with Gasteiger partial charge in [-0.15, -0.1) is 0 Å². The number of rotatable bonds is 3. The van der Waals surface area contributed by atoms with Crippen LogP contribution in [-0.2, 0) is 16.2 Å². The van der Waals surface area contributed by atoms with Gasteiger partial charge in [0.25, 0.3) is 6.08 Å². The molecule has 0 rings (SSSR count). The van der Waals surface area contributed by atoms with Gasteiger partial charge in [-0.1, -0.05) is 0 Å². The first-order valence-electron chi connectivity index (χ1n) is 2.38. The van der Waals surface area contributed by atoms with Gasteiger partial charge in [0.15, 0.2) is 0 Å². The fourth-order valence-corrected chi connectivity index (χ4v) is 0.911. The molecule has 0 aromatic carbocycles. The molecular weight excluding hydrogens is 140 g/mol. The third-order valence-electron chi connectivity index (χ3n) is 0.545. The van der Waals surface area contributed by atoms with Crippen molar-refractivity contribution in [2.75, 3.05) is 5.75 Å². The summed E-state index contributed by atoms with van der Waals surface area (Å²) in [5.74, 6) is 0.218. The number of nitrogens with zero attached hydrogens (tertiary/aromatic N) is 1. The highest BCUT2D eigenvalue weighted by Gasteiger charge is 2.06. The first-order valence-corrected chi connectivity index (χ1v) is 3.66. The molecular formula is C4H8N2O2S. The predicted octanol–water partition coefficient (Wildman–Crippen LogP) is -0.667. The molecule has 2 atom stereocenters. The monoisotopic (exact) mass is 148 g/mol. The molecule has 0 saturated heterocycles. The molecule has 0 aliphatic carbocycles. The zero-order valence-corrected chi connectivity index (χ0v) is 5.85. The van der Waals surface area contributed by atoms with E-state index in [1.165, 1.54) is 6.08 Å². The van der Waals surface area contributed by atoms with Crippen molar-refractivity contribution in [2.24, 2.45) is 10.1 Å². The van der Waals surface area contributed by atoms with Crippen molar-refractivity contribution in [1.29, 1.82) is 0 Å². The molecule has 4 nitrogen and oxygen atoms in total. The van der Waals surface area contributed by atoms with Gasteiger partial charge in [0.1, 0.15) is 17.1 Å². The lowest BCUT2D eigenvalue weighted by atomic mass is 10.4. The Balaban J connectivity index is 3.49. The molecule has 0 aliphatic heterocycles. The highest BCUT2D eigenvalue weighted by Crippen LogP contribution is 1.91. The minimum atomic E-state index is -1.47. The van der Waals surface area contributed by atoms with Crippen LogP contribution in [0.2, 0.25) is 0 Å². The molecule has 0 heterocycles. The van der Waals surface area contributed by atoms with Crippen LogP contribution in [0.5, 0.6) is 0 Å². The van der Waals surface area contributed by atoms with Crippen molar-refractivity contribution in [3.05, 3.63) is 0 Å². The van der Waals surface area contributed by atoms with Crippen LogP contribution in [0.25, 0.3) is 0 Å². The normalized spacial score (nSPS) is 15.9. The van der Waals surface area contributed by atoms with Gasteiger partial charge in [0.2, 0.25) is 0 Å². The van der Waals surface area contributed by atoms with Crippen LogP contribution in [0.4, 0.5) is 0 Å². The fourth-order valence-electron chi connectivity index (χ4n) is 0.304. The van der Waals surface area contributed by atoms with E-state index >= 15 is 0 Å². The zero-order chi connectivity index (χ0) is 7.28. The van der Waals surface area contributed by atoms with E-state index in [9.17, 15) is 9.35 Å². The van der Waals surface area contributed by atoms with Gasteiger partial charge in [-0.2, -0.15) is 0 Å². The molecule has 5 heteroatoms. The fraction of sp³-hybridized carbons (Fsp3) is 0.750. The van der Waals surface area contributed by atoms with Crippen molar-refractivity contribution in [2.45, 2.75) is 13.0 Å². The van der Waals surface area contributed by atoms with E-state index < -0.39 is 11.4 Å². The summed E-state index contributed by atoms with van der Waals surface area (Å²) in [5.41, 5.74) is 5.24. The van der Waals surface area contributed by atoms with Crippen molar-refractivity contribution >= 4 is 17.4 Å². The van der Waals surface area contributed by atoms with Crippen molar-refractivity contribution in [1.82, 2.24) is 0 Å². The molecule has 9 heavy (non-hydrogen) atoms. The highest BCUT2D eigenvalue weighted by molar-refractivity contribution is 7.90. The average molecular weight is 148 g/mol. The molecule has 0 radical (unpaired) electrons. The molecule has 0 aromatic rings. The third kappa shape index (κ3) is 5.52. The molecule has 0 amide bonds. The van der Waals surface area contributed by atoms with Crippen molar-refractivity contribution < 1.29 is 9.35 Å². The summed E-state index contributed by atoms with van der Waals surface area (Å²) in [4.78, 5) is 9.47. The van der Waals surface area contributed by atoms with Gasteiger partial charge in [-0.25, -0.2) is 4.79 Å². The van der Waals surface area contributed by atoms with Crippen LogP contribution in [0, 0.1) is 0 Å². The Labute approximate surface area is 56.5 Å². The second kappa shape index (κ2) is 4.52. The van der Waals surface area contributed by atoms with Crippen LogP contribution in [0.15, 0.2) is 4.40 Å². The van der Waals surface area contributed by atoms with Gasteiger partial charge in [-0.3, -0.25) is 0 Å². The van der Waals surface area contributed by atoms with Gasteiger partial charge >= 0.3 is 0 Å². The lowest BCUT2D eigenvalue weighted by Crippen LogP contribution is -2.24. The first-order chi connectivity index (χ1) is 4.16. The van der Waals surface area contributed by atoms with Crippen molar-refractivity contribution in [3.63, 3.8) is 0 Å². The Morgan fingerprint density at radius 3 is 2.89 bits per heavy atom. The largest absolute Gasteiger partial charge is 0.591 e. The van der Waals surface area contributed by atoms with Gasteiger partial charge in [0, 0.05) is 10.4 Å². The Bertz CT molecular complexity index is 122. The Kier molecular flexibility index (Phi) is 4.35. The van der Waals surface area contributed by atoms with Crippen LogP contribution in [0.3, 0.4) is 0 Å². The quantitative estimate of drug-likeness (QED) is 0.327. The molecule has 52 valence electrons. The molecule has 2 unspecified atom stereocenters. The zero-order valence-electron chi connectivity index (χ0n) is 5.03. The second-order valence-corrected chi connectivity index (χ2v) is 2.81. The number of hydrogen-bond acceptors (Lipinski definition) is 4. The Morgan fingerprint density at radius 2 is 2.56 bits per heavy atom. The number of hydrogen-bond donors (Lipinski definition) is 1. The van der Waals surface area contributed by atoms with Gasteiger partial charge in [0.05, 0.1) is 0 Å². The van der Waals surface area contributed by atoms with Crippen LogP contribution in [0.1, 0.15) is 6.92 Å². The van der Waals surface area contributed by atoms with E-state index in [1.54, 1.807) is 6.92 Å². The molecule has 2 N–H and O–H groups in total. The number of nitrogens with two attached hydrogens (primary N) is 1. The van der Waals surface area contributed by atoms with E-state index in [-0.39, 0.29) is 11.8 Å². The standard InChI is InChI=1S/C4H8N2O2S/c1-4(5)2-9(8)6-3-7/h4H,2,5H2,1H3. The third-order valence-corrected chi connectivity index (χ3v) is 1.63. The van der Waals surface area contributed by atoms with E-state index in [0.717, 1.165) is 0 Å². The molecule has 0 spiro atoms. The summed E-state index contributed by atoms with van der Waals surface area (Å²) in [6.07, 6.45) is 1.19. The summed E-state index contributed by atoms with van der Waals surface area (Å²) in [7, 11) is 0. The predicted molar refractivity (Wildman–Crippen MR) is 34.8 cm³/mol. The lowest BCUT2D eigenvalue weighted by Gasteiger charge is -2.02. The number of carbonyl (C=O) groups excluding carboxylic acids is 1. The first kappa shape index (κ1) is 8.65. The lowest BCUT2D eigenvalue weighted by molar-refractivity contribution is 0.562. The van der Waals surface area contributed by atoms with E-state index in [1.807, 2.05) is 0 Å². The highest BCUT2D eigenvalue weighted by atomic mass is 32.2. The summed E-state index contributed by atoms with van der Waals surface area (Å²) in [6.45, 7) is 1.69. The minimum absolute atomic E-state index is 0.192. The van der Waals surface area contributed by atoms with Crippen LogP contribution < -0.4 is 5.73 Å². The minimum Gasteiger partial charge on any atom is -0.591 e. The van der Waals surface area contributed by atoms with Gasteiger partial charge in [-0.05, 0) is 6.92 Å². The summed E-state index contributed by atoms with van der Waals surface area (Å²) < 4.78 is 13.4. The summed E-state index contributed by atoms with van der Waals surface area (Å²) in [6, 6.07) is -0.192. The molecule has 0 aromatic heterocycles. The molecule has 0 bridgehead atoms. The Hall–Kier alpha value is -0.350. The van der Waals surface area contributed by atoms with Crippen LogP contribution in [-0.4, -0.2) is 22.4 Å². The van der Waals surface area contributed by atoms with Gasteiger partial charge < -0.3 is 10.3 Å². The molecule has 0 fully saturated rings. The average Bonchev–Trinajstić information content (AvgIpc) is 1.63. The maximum absolute atomic E-state index is 10.5. The summed E-state index contributed by atoms with van der Waals surface area (Å²) >= 11 is -1.47. The van der Waals surface area contributed by atoms with Crippen LogP contribution >= 0.6 is 0 Å². The maximum atomic E-state index is 10.5. The topological polar surface area (TPSA) is 78.5 Å². The smallest absolute Gasteiger partial charge is 0.288 e. The summed E-state index contributed by atoms with van der Waals surface area (Å²) in [5, 5.41) is 0. The van der Waals surface area contributed by atoms with E-state index in [0.29, 0.717) is 0 Å². The number of isocyanates is 1. The Morgan fingerprint density at radius 1 is 2.00 bits per heavy atom. The SMILES string of the molecule is CC(N)C[S+]([O-])N=C=O. The second-order valence-electron chi connectivity index (χ2n) is 1.65. The maximum Gasteiger partial charge on any atom is 0.288 e. The van der Waals surface area contributed by atoms with Crippen molar-refractivity contribution in [3.8, 4) is 0 Å². The van der Waals surface area contributed by atoms with E-state index in [4.69, 9.17) is 5.73 Å². The molecule has 0 aliphatic rings. The van der Waals surface area contributed by atoms with E-state index in [2.05, 4.69) is 4.40 Å². The molecule has 0 saturated carbocycles.